The van der Waals surface area contributed by atoms with Crippen molar-refractivity contribution in [1.29, 1.82) is 0 Å². The standard InChI is InChI=1S/C56H86O6/c1-4-7-10-13-16-19-22-24-26-27-28-29-30-32-34-37-40-43-46-49-55(58)61-52-53(51-60-54(57)48-45-42-39-36-33-21-18-15-12-9-6-3)62-56(59)50-47-44-41-38-35-31-25-23-20-17-14-11-8-5-2/h7-12,16-21,24-26,28-29,31-32,34,36,39,53H,4-6,13-15,22-23,27,30,33,35,37-38,40-52H2,1-3H3/b10-7-,11-8-,12-9-,19-16-,20-17-,21-18-,26-24-,29-28-,31-25-,34-32-,39-36-. The van der Waals surface area contributed by atoms with Crippen molar-refractivity contribution in [2.24, 2.45) is 0 Å². The van der Waals surface area contributed by atoms with E-state index in [4.69, 9.17) is 14.2 Å². The number of unbranched alkanes of at least 4 members (excludes halogenated alkanes) is 8. The number of ether oxygens (including phenoxy) is 3. The molecule has 0 aliphatic carbocycles. The molecule has 0 aromatic heterocycles. The van der Waals surface area contributed by atoms with Gasteiger partial charge < -0.3 is 14.2 Å². The Bertz CT molecular complexity index is 1400. The molecule has 0 fully saturated rings. The molecule has 0 bridgehead atoms. The maximum atomic E-state index is 12.8. The maximum Gasteiger partial charge on any atom is 0.306 e. The normalized spacial score (nSPS) is 13.3. The molecule has 0 saturated carbocycles. The van der Waals surface area contributed by atoms with Crippen molar-refractivity contribution in [3.8, 4) is 0 Å². The topological polar surface area (TPSA) is 78.9 Å². The van der Waals surface area contributed by atoms with Crippen LogP contribution in [0.3, 0.4) is 0 Å². The van der Waals surface area contributed by atoms with Crippen molar-refractivity contribution in [1.82, 2.24) is 0 Å². The van der Waals surface area contributed by atoms with Crippen LogP contribution < -0.4 is 0 Å². The first-order valence-electron chi connectivity index (χ1n) is 24.2. The molecule has 6 nitrogen and oxygen atoms in total. The Labute approximate surface area is 379 Å². The molecule has 0 amide bonds. The number of esters is 3. The molecule has 0 spiro atoms. The predicted octanol–water partition coefficient (Wildman–Crippen LogP) is 15.9. The van der Waals surface area contributed by atoms with E-state index >= 15 is 0 Å². The van der Waals surface area contributed by atoms with Gasteiger partial charge in [0, 0.05) is 19.3 Å². The second-order valence-electron chi connectivity index (χ2n) is 15.2. The lowest BCUT2D eigenvalue weighted by molar-refractivity contribution is -0.167. The van der Waals surface area contributed by atoms with Crippen molar-refractivity contribution in [2.45, 2.75) is 187 Å². The summed E-state index contributed by atoms with van der Waals surface area (Å²) in [6.45, 7) is 6.16. The minimum absolute atomic E-state index is 0.126. The van der Waals surface area contributed by atoms with E-state index in [0.29, 0.717) is 12.8 Å². The van der Waals surface area contributed by atoms with Crippen LogP contribution in [0.15, 0.2) is 134 Å². The number of allylic oxidation sites excluding steroid dienone is 22. The summed E-state index contributed by atoms with van der Waals surface area (Å²) in [5, 5.41) is 0. The van der Waals surface area contributed by atoms with E-state index in [1.165, 1.54) is 0 Å². The van der Waals surface area contributed by atoms with Crippen LogP contribution in [0, 0.1) is 0 Å². The van der Waals surface area contributed by atoms with Gasteiger partial charge >= 0.3 is 17.9 Å². The van der Waals surface area contributed by atoms with Gasteiger partial charge in [-0.2, -0.15) is 0 Å². The van der Waals surface area contributed by atoms with Gasteiger partial charge in [0.1, 0.15) is 13.2 Å². The highest BCUT2D eigenvalue weighted by Gasteiger charge is 2.19. The van der Waals surface area contributed by atoms with Crippen LogP contribution >= 0.6 is 0 Å². The summed E-state index contributed by atoms with van der Waals surface area (Å²) in [6.07, 6.45) is 68.7. The fourth-order valence-electron chi connectivity index (χ4n) is 5.86. The van der Waals surface area contributed by atoms with Gasteiger partial charge in [-0.15, -0.1) is 0 Å². The van der Waals surface area contributed by atoms with Crippen LogP contribution in [0.1, 0.15) is 181 Å². The molecular weight excluding hydrogens is 769 g/mol. The van der Waals surface area contributed by atoms with E-state index in [2.05, 4.69) is 154 Å². The van der Waals surface area contributed by atoms with Gasteiger partial charge in [-0.3, -0.25) is 14.4 Å². The lowest BCUT2D eigenvalue weighted by Gasteiger charge is -2.18. The number of rotatable bonds is 41. The lowest BCUT2D eigenvalue weighted by atomic mass is 10.1. The molecule has 0 rings (SSSR count). The van der Waals surface area contributed by atoms with Gasteiger partial charge in [-0.25, -0.2) is 0 Å². The van der Waals surface area contributed by atoms with Gasteiger partial charge in [0.25, 0.3) is 0 Å². The van der Waals surface area contributed by atoms with Crippen LogP contribution in [0.5, 0.6) is 0 Å². The molecule has 0 aromatic rings. The number of hydrogen-bond donors (Lipinski definition) is 0. The van der Waals surface area contributed by atoms with Crippen molar-refractivity contribution in [2.75, 3.05) is 13.2 Å². The van der Waals surface area contributed by atoms with Crippen LogP contribution in [0.25, 0.3) is 0 Å². The van der Waals surface area contributed by atoms with Crippen molar-refractivity contribution in [3.63, 3.8) is 0 Å². The van der Waals surface area contributed by atoms with Gasteiger partial charge in [-0.05, 0) is 122 Å². The Hall–Kier alpha value is -4.45. The highest BCUT2D eigenvalue weighted by Crippen LogP contribution is 2.11. The zero-order valence-electron chi connectivity index (χ0n) is 39.3. The highest BCUT2D eigenvalue weighted by atomic mass is 16.6. The number of carbonyl (C=O) groups excluding carboxylic acids is 3. The molecule has 62 heavy (non-hydrogen) atoms. The summed E-state index contributed by atoms with van der Waals surface area (Å²) in [6, 6.07) is 0. The molecule has 1 atom stereocenters. The Morgan fingerprint density at radius 1 is 0.323 bits per heavy atom. The summed E-state index contributed by atoms with van der Waals surface area (Å²) < 4.78 is 16.6. The molecular formula is C56H86O6. The predicted molar refractivity (Wildman–Crippen MR) is 265 cm³/mol. The Morgan fingerprint density at radius 3 is 0.968 bits per heavy atom. The first-order valence-corrected chi connectivity index (χ1v) is 24.2. The third-order valence-electron chi connectivity index (χ3n) is 9.38. The summed E-state index contributed by atoms with van der Waals surface area (Å²) in [4.78, 5) is 37.8. The lowest BCUT2D eigenvalue weighted by Crippen LogP contribution is -2.30. The average molecular weight is 855 g/mol. The van der Waals surface area contributed by atoms with E-state index < -0.39 is 6.10 Å². The SMILES string of the molecule is CC/C=C\C/C=C\C/C=C\C/C=C\C/C=C\CCCCCC(=O)OCC(COC(=O)CCC/C=C\C/C=C\C/C=C\CC)OC(=O)CCCCCC/C=C\C/C=C\C/C=C\CC. The molecule has 346 valence electrons. The second kappa shape index (κ2) is 49.2. The van der Waals surface area contributed by atoms with Gasteiger partial charge in [0.2, 0.25) is 0 Å². The fraction of sp³-hybridized carbons (Fsp3) is 0.554. The van der Waals surface area contributed by atoms with E-state index in [-0.39, 0.29) is 44.0 Å². The Balaban J connectivity index is 4.54. The zero-order chi connectivity index (χ0) is 45.1. The quantitative estimate of drug-likeness (QED) is 0.0264. The third-order valence-corrected chi connectivity index (χ3v) is 9.38. The fourth-order valence-corrected chi connectivity index (χ4v) is 5.86. The Kier molecular flexibility index (Phi) is 45.7. The molecule has 0 aromatic carbocycles. The summed E-state index contributed by atoms with van der Waals surface area (Å²) >= 11 is 0. The van der Waals surface area contributed by atoms with E-state index in [1.807, 2.05) is 0 Å². The Morgan fingerprint density at radius 2 is 0.597 bits per heavy atom. The minimum atomic E-state index is -0.827. The van der Waals surface area contributed by atoms with E-state index in [9.17, 15) is 14.4 Å². The van der Waals surface area contributed by atoms with Crippen molar-refractivity contribution < 1.29 is 28.6 Å². The van der Waals surface area contributed by atoms with Crippen LogP contribution in [-0.2, 0) is 28.6 Å². The largest absolute Gasteiger partial charge is 0.462 e. The van der Waals surface area contributed by atoms with Crippen LogP contribution in [0.4, 0.5) is 0 Å². The van der Waals surface area contributed by atoms with Gasteiger partial charge in [-0.1, -0.05) is 174 Å². The van der Waals surface area contributed by atoms with E-state index in [0.717, 1.165) is 135 Å². The second-order valence-corrected chi connectivity index (χ2v) is 15.2. The monoisotopic (exact) mass is 855 g/mol. The summed E-state index contributed by atoms with van der Waals surface area (Å²) in [5.74, 6) is -1.05. The maximum absolute atomic E-state index is 12.8. The first kappa shape index (κ1) is 57.5. The first-order chi connectivity index (χ1) is 30.5. The zero-order valence-corrected chi connectivity index (χ0v) is 39.3. The molecule has 0 N–H and O–H groups in total. The molecule has 0 heterocycles. The molecule has 0 radical (unpaired) electrons. The third kappa shape index (κ3) is 46.6. The van der Waals surface area contributed by atoms with Crippen LogP contribution in [-0.4, -0.2) is 37.2 Å². The number of hydrogen-bond acceptors (Lipinski definition) is 6. The van der Waals surface area contributed by atoms with Crippen molar-refractivity contribution in [3.05, 3.63) is 134 Å². The summed E-state index contributed by atoms with van der Waals surface area (Å²) in [5.41, 5.74) is 0. The highest BCUT2D eigenvalue weighted by molar-refractivity contribution is 5.71. The molecule has 0 aliphatic rings. The molecule has 1 unspecified atom stereocenters. The smallest absolute Gasteiger partial charge is 0.306 e. The van der Waals surface area contributed by atoms with E-state index in [1.54, 1.807) is 0 Å². The molecule has 0 aliphatic heterocycles. The summed E-state index contributed by atoms with van der Waals surface area (Å²) in [7, 11) is 0. The number of carbonyl (C=O) groups is 3. The molecule has 0 saturated heterocycles. The van der Waals surface area contributed by atoms with Gasteiger partial charge in [0.15, 0.2) is 6.10 Å². The van der Waals surface area contributed by atoms with Gasteiger partial charge in [0.05, 0.1) is 0 Å². The average Bonchev–Trinajstić information content (AvgIpc) is 3.27. The molecule has 6 heteroatoms. The van der Waals surface area contributed by atoms with Crippen molar-refractivity contribution >= 4 is 17.9 Å². The van der Waals surface area contributed by atoms with Crippen LogP contribution in [0.2, 0.25) is 0 Å². The minimum Gasteiger partial charge on any atom is -0.462 e.